The Morgan fingerprint density at radius 1 is 1.10 bits per heavy atom. The van der Waals surface area contributed by atoms with E-state index in [9.17, 15) is 24.0 Å². The molecule has 264 valence electrons. The van der Waals surface area contributed by atoms with Crippen LogP contribution in [0.3, 0.4) is 0 Å². The van der Waals surface area contributed by atoms with Crippen LogP contribution in [0.2, 0.25) is 0 Å². The molecule has 17 heteroatoms. The summed E-state index contributed by atoms with van der Waals surface area (Å²) < 4.78 is 39.2. The second kappa shape index (κ2) is 14.5. The molecule has 3 aromatic rings. The molecule has 1 aliphatic rings. The molecule has 0 bridgehead atoms. The fraction of sp³-hybridized carbons (Fsp3) is 0.562. The van der Waals surface area contributed by atoms with E-state index in [0.29, 0.717) is 0 Å². The lowest BCUT2D eigenvalue weighted by Crippen LogP contribution is -2.46. The minimum absolute atomic E-state index is 0.00458. The normalized spacial score (nSPS) is 19.1. The van der Waals surface area contributed by atoms with Gasteiger partial charge in [0.15, 0.2) is 35.1 Å². The van der Waals surface area contributed by atoms with E-state index in [1.54, 1.807) is 39.2 Å². The summed E-state index contributed by atoms with van der Waals surface area (Å²) in [6, 6.07) is 0. The predicted molar refractivity (Wildman–Crippen MR) is 167 cm³/mol. The van der Waals surface area contributed by atoms with Crippen molar-refractivity contribution < 1.29 is 51.7 Å². The first kappa shape index (κ1) is 36.6. The maximum absolute atomic E-state index is 13.0. The van der Waals surface area contributed by atoms with Crippen LogP contribution in [0.5, 0.6) is 0 Å². The minimum atomic E-state index is -1.61. The van der Waals surface area contributed by atoms with Gasteiger partial charge < -0.3 is 32.5 Å². The summed E-state index contributed by atoms with van der Waals surface area (Å²) in [5.74, 6) is -0.516. The molecule has 49 heavy (non-hydrogen) atoms. The van der Waals surface area contributed by atoms with Crippen molar-refractivity contribution in [1.82, 2.24) is 19.5 Å². The number of carbonyl (C=O) groups excluding carboxylic acids is 4. The number of amides is 1. The van der Waals surface area contributed by atoms with Gasteiger partial charge >= 0.3 is 29.8 Å². The number of carbonyl (C=O) groups is 4. The third-order valence-corrected chi connectivity index (χ3v) is 7.36. The molecule has 1 N–H and O–H groups in total. The maximum atomic E-state index is 13.0. The zero-order valence-electron chi connectivity index (χ0n) is 28.5. The number of nitrogens with one attached hydrogen (secondary N) is 1. The Balaban J connectivity index is 1.50. The van der Waals surface area contributed by atoms with E-state index in [1.165, 1.54) is 27.1 Å². The molecule has 0 radical (unpaired) electrons. The number of aryl methyl sites for hydroxylation is 2. The van der Waals surface area contributed by atoms with Gasteiger partial charge in [0.05, 0.1) is 24.6 Å². The SMILES string of the molecule is C#C[C@]1(COC(=O)C(C)C)O[C@@H](n2cnc3c(NC(=O)OC(C)(C)CC(=O)OCc4oc(=O)oc4C)nc(C)nc32)C[C@@H]1OC(=O)C(C)C. The largest absolute Gasteiger partial charge is 0.519 e. The van der Waals surface area contributed by atoms with Crippen LogP contribution >= 0.6 is 0 Å². The van der Waals surface area contributed by atoms with Crippen molar-refractivity contribution in [2.45, 2.75) is 98.4 Å². The molecule has 17 nitrogen and oxygen atoms in total. The van der Waals surface area contributed by atoms with Crippen LogP contribution in [0.4, 0.5) is 10.6 Å². The number of esters is 3. The number of rotatable bonds is 12. The number of ether oxygens (including phenoxy) is 5. The van der Waals surface area contributed by atoms with Crippen molar-refractivity contribution in [2.24, 2.45) is 11.8 Å². The topological polar surface area (TPSA) is 213 Å². The third-order valence-electron chi connectivity index (χ3n) is 7.36. The summed E-state index contributed by atoms with van der Waals surface area (Å²) in [5, 5.41) is 2.54. The molecule has 1 fully saturated rings. The standard InChI is InChI=1S/C32H39N5O12/c1-10-32(14-44-27(39)16(2)3)21(47-28(40)17(4)5)11-22(48-32)37-15-33-24-25(34-19(7)35-26(24)37)36-29(41)49-31(8,9)12-23(38)43-13-20-18(6)45-30(42)46-20/h1,15-17,21-22H,11-14H2,2-9H3,(H,34,35,36,41)/t21-,22+,32+/m0/s1. The van der Waals surface area contributed by atoms with Crippen molar-refractivity contribution in [3.63, 3.8) is 0 Å². The molecular formula is C32H39N5O12. The van der Waals surface area contributed by atoms with Crippen LogP contribution in [0, 0.1) is 38.0 Å². The molecule has 1 amide bonds. The number of aromatic nitrogens is 4. The van der Waals surface area contributed by atoms with E-state index in [2.05, 4.69) is 26.2 Å². The first-order chi connectivity index (χ1) is 22.9. The van der Waals surface area contributed by atoms with Gasteiger partial charge in [-0.05, 0) is 27.7 Å². The van der Waals surface area contributed by atoms with Gasteiger partial charge in [-0.2, -0.15) is 0 Å². The first-order valence-corrected chi connectivity index (χ1v) is 15.4. The van der Waals surface area contributed by atoms with E-state index in [4.69, 9.17) is 38.9 Å². The monoisotopic (exact) mass is 685 g/mol. The first-order valence-electron chi connectivity index (χ1n) is 15.4. The lowest BCUT2D eigenvalue weighted by atomic mass is 9.98. The number of hydrogen-bond acceptors (Lipinski definition) is 15. The second-order valence-corrected chi connectivity index (χ2v) is 12.7. The Morgan fingerprint density at radius 3 is 2.41 bits per heavy atom. The molecule has 0 saturated carbocycles. The zero-order valence-corrected chi connectivity index (χ0v) is 28.5. The summed E-state index contributed by atoms with van der Waals surface area (Å²) >= 11 is 0. The lowest BCUT2D eigenvalue weighted by Gasteiger charge is -2.29. The molecule has 1 aliphatic heterocycles. The van der Waals surface area contributed by atoms with Gasteiger partial charge in [-0.1, -0.05) is 33.6 Å². The number of terminal acetylenes is 1. The molecule has 4 heterocycles. The fourth-order valence-corrected chi connectivity index (χ4v) is 4.75. The average molecular weight is 686 g/mol. The van der Waals surface area contributed by atoms with Gasteiger partial charge in [-0.15, -0.1) is 6.42 Å². The van der Waals surface area contributed by atoms with Crippen molar-refractivity contribution in [3.05, 3.63) is 34.3 Å². The van der Waals surface area contributed by atoms with Gasteiger partial charge in [0.2, 0.25) is 5.60 Å². The van der Waals surface area contributed by atoms with Crippen LogP contribution in [-0.2, 0) is 44.7 Å². The number of fused-ring (bicyclic) bond motifs is 1. The van der Waals surface area contributed by atoms with Crippen molar-refractivity contribution in [1.29, 1.82) is 0 Å². The van der Waals surface area contributed by atoms with Gasteiger partial charge in [0.25, 0.3) is 0 Å². The zero-order chi connectivity index (χ0) is 36.3. The van der Waals surface area contributed by atoms with E-state index in [1.807, 2.05) is 0 Å². The molecule has 0 spiro atoms. The summed E-state index contributed by atoms with van der Waals surface area (Å²) in [7, 11) is 0. The predicted octanol–water partition coefficient (Wildman–Crippen LogP) is 3.51. The second-order valence-electron chi connectivity index (χ2n) is 12.7. The van der Waals surface area contributed by atoms with Crippen molar-refractivity contribution in [3.8, 4) is 12.3 Å². The van der Waals surface area contributed by atoms with E-state index >= 15 is 0 Å². The highest BCUT2D eigenvalue weighted by molar-refractivity contribution is 5.93. The van der Waals surface area contributed by atoms with Crippen LogP contribution in [0.25, 0.3) is 11.2 Å². The van der Waals surface area contributed by atoms with Gasteiger partial charge in [0.1, 0.15) is 30.4 Å². The van der Waals surface area contributed by atoms with Crippen LogP contribution in [0.15, 0.2) is 20.0 Å². The van der Waals surface area contributed by atoms with E-state index in [-0.39, 0.29) is 60.4 Å². The Labute approximate surface area is 281 Å². The number of anilines is 1. The maximum Gasteiger partial charge on any atom is 0.519 e. The molecular weight excluding hydrogens is 646 g/mol. The summed E-state index contributed by atoms with van der Waals surface area (Å²) in [4.78, 5) is 74.7. The highest BCUT2D eigenvalue weighted by Gasteiger charge is 2.52. The van der Waals surface area contributed by atoms with Gasteiger partial charge in [-0.25, -0.2) is 24.5 Å². The van der Waals surface area contributed by atoms with E-state index < -0.39 is 65.2 Å². The Hall–Kier alpha value is -5.24. The van der Waals surface area contributed by atoms with Crippen molar-refractivity contribution in [2.75, 3.05) is 11.9 Å². The summed E-state index contributed by atoms with van der Waals surface area (Å²) in [5.41, 5.74) is -2.52. The number of hydrogen-bond donors (Lipinski definition) is 1. The summed E-state index contributed by atoms with van der Waals surface area (Å²) in [6.45, 7) is 12.1. The highest BCUT2D eigenvalue weighted by atomic mass is 16.6. The quantitative estimate of drug-likeness (QED) is 0.164. The molecule has 0 aliphatic carbocycles. The van der Waals surface area contributed by atoms with Gasteiger partial charge in [0, 0.05) is 6.42 Å². The van der Waals surface area contributed by atoms with Crippen LogP contribution in [-0.4, -0.2) is 67.4 Å². The molecule has 3 aromatic heterocycles. The average Bonchev–Trinajstić information content (AvgIpc) is 3.68. The number of nitrogens with zero attached hydrogens (tertiary/aromatic N) is 4. The lowest BCUT2D eigenvalue weighted by molar-refractivity contribution is -0.170. The Morgan fingerprint density at radius 2 is 1.80 bits per heavy atom. The third kappa shape index (κ3) is 8.62. The van der Waals surface area contributed by atoms with E-state index in [0.717, 1.165) is 0 Å². The van der Waals surface area contributed by atoms with Crippen LogP contribution in [0.1, 0.15) is 78.0 Å². The molecule has 0 unspecified atom stereocenters. The van der Waals surface area contributed by atoms with Gasteiger partial charge in [-0.3, -0.25) is 24.3 Å². The summed E-state index contributed by atoms with van der Waals surface area (Å²) in [6.07, 6.45) is 4.25. The number of imidazole rings is 1. The smallest absolute Gasteiger partial charge is 0.461 e. The molecule has 1 saturated heterocycles. The fourth-order valence-electron chi connectivity index (χ4n) is 4.75. The Bertz CT molecular complexity index is 1830. The Kier molecular flexibility index (Phi) is 10.8. The highest BCUT2D eigenvalue weighted by Crippen LogP contribution is 2.40. The van der Waals surface area contributed by atoms with Crippen molar-refractivity contribution >= 4 is 41.0 Å². The molecule has 3 atom stereocenters. The molecule has 0 aromatic carbocycles. The minimum Gasteiger partial charge on any atom is -0.461 e. The molecule has 4 rings (SSSR count). The van der Waals surface area contributed by atoms with Crippen LogP contribution < -0.4 is 11.1 Å².